The molecule has 1 atom stereocenters. The molecule has 6 heteroatoms. The van der Waals surface area contributed by atoms with E-state index in [9.17, 15) is 8.42 Å². The van der Waals surface area contributed by atoms with Crippen molar-refractivity contribution in [3.05, 3.63) is 35.4 Å². The minimum absolute atomic E-state index is 0.0729. The van der Waals surface area contributed by atoms with Gasteiger partial charge in [0.25, 0.3) is 0 Å². The van der Waals surface area contributed by atoms with Crippen LogP contribution in [0.25, 0.3) is 0 Å². The molecule has 0 aliphatic heterocycles. The fourth-order valence-electron chi connectivity index (χ4n) is 1.83. The first kappa shape index (κ1) is 15.6. The number of nitriles is 1. The molecule has 0 saturated carbocycles. The second kappa shape index (κ2) is 6.66. The Morgan fingerprint density at radius 1 is 1.32 bits per heavy atom. The lowest BCUT2D eigenvalue weighted by Crippen LogP contribution is -2.40. The Morgan fingerprint density at radius 2 is 1.89 bits per heavy atom. The second-order valence-electron chi connectivity index (χ2n) is 4.85. The molecule has 0 amide bonds. The molecule has 5 nitrogen and oxygen atoms in total. The first-order valence-electron chi connectivity index (χ1n) is 5.96. The fraction of sp³-hybridized carbons (Fsp3) is 0.462. The van der Waals surface area contributed by atoms with Gasteiger partial charge in [0, 0.05) is 12.6 Å². The van der Waals surface area contributed by atoms with E-state index < -0.39 is 10.0 Å². The van der Waals surface area contributed by atoms with Gasteiger partial charge in [0.05, 0.1) is 17.4 Å². The Labute approximate surface area is 114 Å². The smallest absolute Gasteiger partial charge is 0.216 e. The fourth-order valence-corrected chi connectivity index (χ4v) is 3.23. The molecule has 0 heterocycles. The van der Waals surface area contributed by atoms with Crippen LogP contribution < -0.4 is 4.72 Å². The van der Waals surface area contributed by atoms with Gasteiger partial charge in [-0.2, -0.15) is 5.26 Å². The van der Waals surface area contributed by atoms with Crippen molar-refractivity contribution >= 4 is 10.0 Å². The standard InChI is InChI=1S/C13H19N3O2S/c1-11(9-16(2)3)15-19(17,18)10-13-6-4-12(8-14)5-7-13/h4-7,11,15H,9-10H2,1-3H3. The quantitative estimate of drug-likeness (QED) is 0.842. The summed E-state index contributed by atoms with van der Waals surface area (Å²) in [6.07, 6.45) is 0. The highest BCUT2D eigenvalue weighted by Gasteiger charge is 2.15. The average molecular weight is 281 g/mol. The summed E-state index contributed by atoms with van der Waals surface area (Å²) in [5.74, 6) is -0.0729. The van der Waals surface area contributed by atoms with Crippen LogP contribution in [0.4, 0.5) is 0 Å². The number of rotatable bonds is 6. The van der Waals surface area contributed by atoms with Gasteiger partial charge in [-0.15, -0.1) is 0 Å². The summed E-state index contributed by atoms with van der Waals surface area (Å²) in [6.45, 7) is 2.48. The van der Waals surface area contributed by atoms with E-state index in [2.05, 4.69) is 4.72 Å². The van der Waals surface area contributed by atoms with Crippen LogP contribution in [0.5, 0.6) is 0 Å². The lowest BCUT2D eigenvalue weighted by atomic mass is 10.2. The normalized spacial score (nSPS) is 13.2. The van der Waals surface area contributed by atoms with E-state index in [1.807, 2.05) is 32.0 Å². The number of likely N-dealkylation sites (N-methyl/N-ethyl adjacent to an activating group) is 1. The van der Waals surface area contributed by atoms with Crippen molar-refractivity contribution < 1.29 is 8.42 Å². The van der Waals surface area contributed by atoms with Crippen LogP contribution in [0.2, 0.25) is 0 Å². The molecule has 0 aliphatic carbocycles. The summed E-state index contributed by atoms with van der Waals surface area (Å²) in [5, 5.41) is 8.68. The molecular weight excluding hydrogens is 262 g/mol. The van der Waals surface area contributed by atoms with Crippen LogP contribution in [-0.2, 0) is 15.8 Å². The average Bonchev–Trinajstić information content (AvgIpc) is 2.27. The van der Waals surface area contributed by atoms with Gasteiger partial charge in [-0.05, 0) is 38.7 Å². The van der Waals surface area contributed by atoms with Crippen LogP contribution in [0, 0.1) is 11.3 Å². The highest BCUT2D eigenvalue weighted by atomic mass is 32.2. The van der Waals surface area contributed by atoms with Crippen molar-refractivity contribution in [2.24, 2.45) is 0 Å². The van der Waals surface area contributed by atoms with Crippen molar-refractivity contribution in [2.45, 2.75) is 18.7 Å². The van der Waals surface area contributed by atoms with Crippen molar-refractivity contribution in [1.29, 1.82) is 5.26 Å². The maximum atomic E-state index is 12.0. The van der Waals surface area contributed by atoms with E-state index in [1.54, 1.807) is 24.3 Å². The van der Waals surface area contributed by atoms with Crippen LogP contribution >= 0.6 is 0 Å². The molecule has 0 saturated heterocycles. The molecule has 0 spiro atoms. The van der Waals surface area contributed by atoms with Crippen molar-refractivity contribution in [2.75, 3.05) is 20.6 Å². The van der Waals surface area contributed by atoms with Gasteiger partial charge in [0.2, 0.25) is 10.0 Å². The van der Waals surface area contributed by atoms with E-state index in [4.69, 9.17) is 5.26 Å². The third kappa shape index (κ3) is 5.83. The van der Waals surface area contributed by atoms with Gasteiger partial charge >= 0.3 is 0 Å². The minimum atomic E-state index is -3.36. The minimum Gasteiger partial charge on any atom is -0.308 e. The molecule has 0 fully saturated rings. The van der Waals surface area contributed by atoms with Crippen molar-refractivity contribution in [1.82, 2.24) is 9.62 Å². The third-order valence-corrected chi connectivity index (χ3v) is 3.93. The molecule has 1 aromatic rings. The van der Waals surface area contributed by atoms with Crippen LogP contribution in [0.15, 0.2) is 24.3 Å². The SMILES string of the molecule is CC(CN(C)C)NS(=O)(=O)Cc1ccc(C#N)cc1. The van der Waals surface area contributed by atoms with E-state index in [1.165, 1.54) is 0 Å². The third-order valence-electron chi connectivity index (χ3n) is 2.46. The van der Waals surface area contributed by atoms with Gasteiger partial charge < -0.3 is 4.90 Å². The maximum Gasteiger partial charge on any atom is 0.216 e. The number of nitrogens with zero attached hydrogens (tertiary/aromatic N) is 2. The largest absolute Gasteiger partial charge is 0.308 e. The number of hydrogen-bond donors (Lipinski definition) is 1. The second-order valence-corrected chi connectivity index (χ2v) is 6.60. The Bertz CT molecular complexity index is 544. The highest BCUT2D eigenvalue weighted by Crippen LogP contribution is 2.07. The number of nitrogens with one attached hydrogen (secondary N) is 1. The predicted molar refractivity (Wildman–Crippen MR) is 74.9 cm³/mol. The summed E-state index contributed by atoms with van der Waals surface area (Å²) in [5.41, 5.74) is 1.19. The first-order valence-corrected chi connectivity index (χ1v) is 7.61. The Hall–Kier alpha value is -1.42. The van der Waals surface area contributed by atoms with Crippen LogP contribution in [-0.4, -0.2) is 40.0 Å². The van der Waals surface area contributed by atoms with Gasteiger partial charge in [-0.1, -0.05) is 12.1 Å². The van der Waals surface area contributed by atoms with E-state index in [0.29, 0.717) is 17.7 Å². The van der Waals surface area contributed by atoms with Gasteiger partial charge in [0.1, 0.15) is 0 Å². The molecule has 1 rings (SSSR count). The highest BCUT2D eigenvalue weighted by molar-refractivity contribution is 7.88. The number of hydrogen-bond acceptors (Lipinski definition) is 4. The summed E-state index contributed by atoms with van der Waals surface area (Å²) < 4.78 is 26.5. The molecule has 0 aromatic heterocycles. The lowest BCUT2D eigenvalue weighted by molar-refractivity contribution is 0.370. The van der Waals surface area contributed by atoms with Crippen molar-refractivity contribution in [3.63, 3.8) is 0 Å². The summed E-state index contributed by atoms with van der Waals surface area (Å²) in [4.78, 5) is 1.93. The lowest BCUT2D eigenvalue weighted by Gasteiger charge is -2.18. The maximum absolute atomic E-state index is 12.0. The van der Waals surface area contributed by atoms with Crippen LogP contribution in [0.1, 0.15) is 18.1 Å². The zero-order valence-corrected chi connectivity index (χ0v) is 12.2. The number of benzene rings is 1. The zero-order valence-electron chi connectivity index (χ0n) is 11.4. The topological polar surface area (TPSA) is 73.2 Å². The van der Waals surface area contributed by atoms with Crippen LogP contribution in [0.3, 0.4) is 0 Å². The molecule has 1 N–H and O–H groups in total. The molecule has 0 aliphatic rings. The van der Waals surface area contributed by atoms with E-state index in [0.717, 1.165) is 0 Å². The molecule has 19 heavy (non-hydrogen) atoms. The zero-order chi connectivity index (χ0) is 14.5. The Morgan fingerprint density at radius 3 is 2.37 bits per heavy atom. The van der Waals surface area contributed by atoms with E-state index >= 15 is 0 Å². The van der Waals surface area contributed by atoms with Gasteiger partial charge in [-0.3, -0.25) is 0 Å². The molecule has 0 radical (unpaired) electrons. The van der Waals surface area contributed by atoms with Gasteiger partial charge in [0.15, 0.2) is 0 Å². The first-order chi connectivity index (χ1) is 8.82. The molecule has 0 bridgehead atoms. The summed E-state index contributed by atoms with van der Waals surface area (Å²) in [7, 11) is 0.430. The predicted octanol–water partition coefficient (Wildman–Crippen LogP) is 0.928. The van der Waals surface area contributed by atoms with E-state index in [-0.39, 0.29) is 11.8 Å². The molecule has 104 valence electrons. The molecule has 1 unspecified atom stereocenters. The van der Waals surface area contributed by atoms with Crippen molar-refractivity contribution in [3.8, 4) is 6.07 Å². The van der Waals surface area contributed by atoms with Gasteiger partial charge in [-0.25, -0.2) is 13.1 Å². The Balaban J connectivity index is 2.66. The Kier molecular flexibility index (Phi) is 5.48. The monoisotopic (exact) mass is 281 g/mol. The molecular formula is C13H19N3O2S. The summed E-state index contributed by atoms with van der Waals surface area (Å²) in [6, 6.07) is 8.42. The molecule has 1 aromatic carbocycles. The summed E-state index contributed by atoms with van der Waals surface area (Å²) >= 11 is 0. The number of sulfonamides is 1.